The maximum absolute atomic E-state index is 14.2. The maximum atomic E-state index is 14.2. The van der Waals surface area contributed by atoms with Crippen molar-refractivity contribution < 1.29 is 14.0 Å². The summed E-state index contributed by atoms with van der Waals surface area (Å²) in [6, 6.07) is 19.8. The molecular formula is C25H23Cl2FN2O2. The van der Waals surface area contributed by atoms with Gasteiger partial charge in [-0.25, -0.2) is 4.39 Å². The van der Waals surface area contributed by atoms with Crippen LogP contribution < -0.4 is 5.32 Å². The summed E-state index contributed by atoms with van der Waals surface area (Å²) in [5, 5.41) is 3.40. The predicted molar refractivity (Wildman–Crippen MR) is 125 cm³/mol. The van der Waals surface area contributed by atoms with E-state index in [1.54, 1.807) is 36.4 Å². The first-order valence-corrected chi connectivity index (χ1v) is 10.9. The van der Waals surface area contributed by atoms with Gasteiger partial charge in [0.1, 0.15) is 11.9 Å². The molecule has 0 aliphatic carbocycles. The minimum atomic E-state index is -0.795. The van der Waals surface area contributed by atoms with Crippen molar-refractivity contribution in [2.75, 3.05) is 7.05 Å². The van der Waals surface area contributed by atoms with E-state index < -0.39 is 11.9 Å². The Kier molecular flexibility index (Phi) is 8.26. The molecule has 0 aromatic heterocycles. The first-order chi connectivity index (χ1) is 15.4. The third kappa shape index (κ3) is 6.09. The highest BCUT2D eigenvalue weighted by atomic mass is 35.5. The number of carbonyl (C=O) groups is 2. The van der Waals surface area contributed by atoms with Crippen molar-refractivity contribution in [2.24, 2.45) is 0 Å². The van der Waals surface area contributed by atoms with E-state index in [0.717, 1.165) is 5.56 Å². The van der Waals surface area contributed by atoms with Gasteiger partial charge in [0.05, 0.1) is 16.5 Å². The zero-order chi connectivity index (χ0) is 23.1. The van der Waals surface area contributed by atoms with Gasteiger partial charge in [0.25, 0.3) is 0 Å². The molecular weight excluding hydrogens is 450 g/mol. The third-order valence-corrected chi connectivity index (χ3v) is 5.89. The van der Waals surface area contributed by atoms with Crippen molar-refractivity contribution in [1.29, 1.82) is 0 Å². The molecule has 1 N–H and O–H groups in total. The molecule has 0 spiro atoms. The fraction of sp³-hybridized carbons (Fsp3) is 0.200. The minimum absolute atomic E-state index is 0.120. The van der Waals surface area contributed by atoms with Gasteiger partial charge in [-0.05, 0) is 34.9 Å². The molecule has 2 amide bonds. The van der Waals surface area contributed by atoms with Crippen molar-refractivity contribution >= 4 is 35.0 Å². The Morgan fingerprint density at radius 3 is 2.28 bits per heavy atom. The van der Waals surface area contributed by atoms with Crippen molar-refractivity contribution in [3.63, 3.8) is 0 Å². The predicted octanol–water partition coefficient (Wildman–Crippen LogP) is 5.06. The number of hydrogen-bond donors (Lipinski definition) is 1. The van der Waals surface area contributed by atoms with Crippen LogP contribution >= 0.6 is 23.2 Å². The summed E-state index contributed by atoms with van der Waals surface area (Å²) in [5.74, 6) is -1.14. The third-order valence-electron chi connectivity index (χ3n) is 5.15. The number of nitrogens with zero attached hydrogens (tertiary/aromatic N) is 1. The van der Waals surface area contributed by atoms with Gasteiger partial charge < -0.3 is 10.2 Å². The normalized spacial score (nSPS) is 11.6. The van der Waals surface area contributed by atoms with Crippen LogP contribution in [-0.2, 0) is 29.0 Å². The highest BCUT2D eigenvalue weighted by molar-refractivity contribution is 6.42. The second-order valence-corrected chi connectivity index (χ2v) is 8.17. The average molecular weight is 473 g/mol. The number of amides is 2. The molecule has 0 saturated carbocycles. The van der Waals surface area contributed by atoms with Gasteiger partial charge in [-0.1, -0.05) is 77.8 Å². The average Bonchev–Trinajstić information content (AvgIpc) is 2.80. The smallest absolute Gasteiger partial charge is 0.242 e. The van der Waals surface area contributed by atoms with Crippen molar-refractivity contribution in [1.82, 2.24) is 10.2 Å². The molecule has 32 heavy (non-hydrogen) atoms. The van der Waals surface area contributed by atoms with Crippen LogP contribution in [0.2, 0.25) is 10.0 Å². The van der Waals surface area contributed by atoms with E-state index in [0.29, 0.717) is 22.0 Å². The Hall–Kier alpha value is -2.89. The summed E-state index contributed by atoms with van der Waals surface area (Å²) in [6.45, 7) is 0.120. The number of carbonyl (C=O) groups excluding carboxylic acids is 2. The Morgan fingerprint density at radius 1 is 0.938 bits per heavy atom. The van der Waals surface area contributed by atoms with Gasteiger partial charge >= 0.3 is 0 Å². The lowest BCUT2D eigenvalue weighted by atomic mass is 10.0. The van der Waals surface area contributed by atoms with E-state index >= 15 is 0 Å². The van der Waals surface area contributed by atoms with E-state index in [9.17, 15) is 14.0 Å². The highest BCUT2D eigenvalue weighted by Gasteiger charge is 2.30. The molecule has 4 nitrogen and oxygen atoms in total. The van der Waals surface area contributed by atoms with Crippen LogP contribution in [0.15, 0.2) is 72.8 Å². The number of halogens is 3. The number of benzene rings is 3. The van der Waals surface area contributed by atoms with Crippen LogP contribution in [0.1, 0.15) is 16.7 Å². The molecule has 3 aromatic rings. The molecule has 0 bridgehead atoms. The summed E-state index contributed by atoms with van der Waals surface area (Å²) in [4.78, 5) is 27.7. The molecule has 0 aliphatic rings. The van der Waals surface area contributed by atoms with Crippen LogP contribution in [-0.4, -0.2) is 29.8 Å². The monoisotopic (exact) mass is 472 g/mol. The highest BCUT2D eigenvalue weighted by Crippen LogP contribution is 2.24. The van der Waals surface area contributed by atoms with Crippen LogP contribution in [0.3, 0.4) is 0 Å². The quantitative estimate of drug-likeness (QED) is 0.497. The topological polar surface area (TPSA) is 49.4 Å². The summed E-state index contributed by atoms with van der Waals surface area (Å²) < 4.78 is 14.2. The number of likely N-dealkylation sites (N-methyl/N-ethyl adjacent to an activating group) is 1. The van der Waals surface area contributed by atoms with E-state index in [1.165, 1.54) is 18.0 Å². The standard InChI is InChI=1S/C25H23Cl2FN2O2/c1-29-25(32)23(14-17-7-3-2-4-8-17)30(16-18-11-12-20(26)21(27)13-18)24(31)15-19-9-5-6-10-22(19)28/h2-13,23H,14-16H2,1H3,(H,29,32)/t23-/m1/s1. The largest absolute Gasteiger partial charge is 0.357 e. The van der Waals surface area contributed by atoms with Gasteiger partial charge in [0.2, 0.25) is 11.8 Å². The van der Waals surface area contributed by atoms with Gasteiger partial charge in [0, 0.05) is 20.0 Å². The van der Waals surface area contributed by atoms with E-state index in [-0.39, 0.29) is 30.3 Å². The molecule has 0 fully saturated rings. The van der Waals surface area contributed by atoms with Crippen LogP contribution in [0.5, 0.6) is 0 Å². The van der Waals surface area contributed by atoms with Gasteiger partial charge in [0.15, 0.2) is 0 Å². The minimum Gasteiger partial charge on any atom is -0.357 e. The van der Waals surface area contributed by atoms with Crippen molar-refractivity contribution in [3.8, 4) is 0 Å². The zero-order valence-corrected chi connectivity index (χ0v) is 19.0. The Bertz CT molecular complexity index is 1090. The molecule has 3 aromatic carbocycles. The number of rotatable bonds is 8. The van der Waals surface area contributed by atoms with Crippen molar-refractivity contribution in [3.05, 3.63) is 105 Å². The zero-order valence-electron chi connectivity index (χ0n) is 17.5. The molecule has 0 saturated heterocycles. The Balaban J connectivity index is 1.97. The van der Waals surface area contributed by atoms with Crippen LogP contribution in [0.25, 0.3) is 0 Å². The first kappa shape index (κ1) is 23.8. The fourth-order valence-corrected chi connectivity index (χ4v) is 3.78. The van der Waals surface area contributed by atoms with E-state index in [1.807, 2.05) is 30.3 Å². The molecule has 0 aliphatic heterocycles. The molecule has 1 atom stereocenters. The molecule has 3 rings (SSSR count). The first-order valence-electron chi connectivity index (χ1n) is 10.1. The maximum Gasteiger partial charge on any atom is 0.242 e. The van der Waals surface area contributed by atoms with Gasteiger partial charge in [-0.3, -0.25) is 9.59 Å². The van der Waals surface area contributed by atoms with Gasteiger partial charge in [-0.2, -0.15) is 0 Å². The van der Waals surface area contributed by atoms with Crippen LogP contribution in [0.4, 0.5) is 4.39 Å². The lowest BCUT2D eigenvalue weighted by Crippen LogP contribution is -2.50. The lowest BCUT2D eigenvalue weighted by Gasteiger charge is -2.31. The van der Waals surface area contributed by atoms with E-state index in [2.05, 4.69) is 5.32 Å². The summed E-state index contributed by atoms with van der Waals surface area (Å²) >= 11 is 12.2. The number of nitrogens with one attached hydrogen (secondary N) is 1. The summed E-state index contributed by atoms with van der Waals surface area (Å²) in [6.07, 6.45) is 0.140. The molecule has 7 heteroatoms. The molecule has 166 valence electrons. The molecule has 0 heterocycles. The SMILES string of the molecule is CNC(=O)[C@@H](Cc1ccccc1)N(Cc1ccc(Cl)c(Cl)c1)C(=O)Cc1ccccc1F. The Labute approximate surface area is 197 Å². The molecule has 0 unspecified atom stereocenters. The fourth-order valence-electron chi connectivity index (χ4n) is 3.46. The van der Waals surface area contributed by atoms with Crippen molar-refractivity contribution in [2.45, 2.75) is 25.4 Å². The summed E-state index contributed by atoms with van der Waals surface area (Å²) in [5.41, 5.74) is 1.88. The Morgan fingerprint density at radius 2 is 1.62 bits per heavy atom. The van der Waals surface area contributed by atoms with E-state index in [4.69, 9.17) is 23.2 Å². The van der Waals surface area contributed by atoms with Gasteiger partial charge in [-0.15, -0.1) is 0 Å². The summed E-state index contributed by atoms with van der Waals surface area (Å²) in [7, 11) is 1.53. The van der Waals surface area contributed by atoms with Crippen LogP contribution in [0, 0.1) is 5.82 Å². The second kappa shape index (κ2) is 11.1. The number of hydrogen-bond acceptors (Lipinski definition) is 2. The lowest BCUT2D eigenvalue weighted by molar-refractivity contribution is -0.140. The second-order valence-electron chi connectivity index (χ2n) is 7.36. The molecule has 0 radical (unpaired) electrons.